The molecule has 0 aromatic rings. The van der Waals surface area contributed by atoms with Crippen molar-refractivity contribution in [3.8, 4) is 0 Å². The number of nitrogens with one attached hydrogen (secondary N) is 1. The number of primary amides is 1. The molecule has 0 aliphatic heterocycles. The molecule has 6 nitrogen and oxygen atoms in total. The van der Waals surface area contributed by atoms with Gasteiger partial charge in [-0.1, -0.05) is 0 Å². The lowest BCUT2D eigenvalue weighted by Crippen LogP contribution is -2.41. The summed E-state index contributed by atoms with van der Waals surface area (Å²) in [7, 11) is -3.46. The van der Waals surface area contributed by atoms with Gasteiger partial charge in [-0.3, -0.25) is 4.79 Å². The Kier molecular flexibility index (Phi) is 4.15. The van der Waals surface area contributed by atoms with Crippen LogP contribution in [0.2, 0.25) is 0 Å². The molecule has 0 aromatic carbocycles. The number of amides is 1. The van der Waals surface area contributed by atoms with Gasteiger partial charge in [0.25, 0.3) is 0 Å². The zero-order chi connectivity index (χ0) is 9.78. The lowest BCUT2D eigenvalue weighted by Gasteiger charge is -2.08. The highest BCUT2D eigenvalue weighted by Gasteiger charge is 2.08. The highest BCUT2D eigenvalue weighted by molar-refractivity contribution is 7.89. The third-order valence-electron chi connectivity index (χ3n) is 1.26. The van der Waals surface area contributed by atoms with Crippen LogP contribution in [0.25, 0.3) is 0 Å². The van der Waals surface area contributed by atoms with Gasteiger partial charge in [0.1, 0.15) is 0 Å². The zero-order valence-electron chi connectivity index (χ0n) is 6.78. The maximum absolute atomic E-state index is 10.4. The molecule has 0 heterocycles. The van der Waals surface area contributed by atoms with Gasteiger partial charge in [0, 0.05) is 6.54 Å². The fraction of sp³-hybridized carbons (Fsp3) is 0.800. The number of nitrogens with two attached hydrogens (primary N) is 2. The third kappa shape index (κ3) is 6.08. The van der Waals surface area contributed by atoms with E-state index >= 15 is 0 Å². The Hall–Kier alpha value is -0.660. The fourth-order valence-electron chi connectivity index (χ4n) is 0.518. The molecule has 0 rings (SSSR count). The van der Waals surface area contributed by atoms with Crippen molar-refractivity contribution < 1.29 is 13.2 Å². The van der Waals surface area contributed by atoms with E-state index in [2.05, 4.69) is 5.32 Å². The van der Waals surface area contributed by atoms with Crippen LogP contribution in [0.3, 0.4) is 0 Å². The van der Waals surface area contributed by atoms with Crippen molar-refractivity contribution in [3.63, 3.8) is 0 Å². The second kappa shape index (κ2) is 4.39. The van der Waals surface area contributed by atoms with Crippen molar-refractivity contribution in [3.05, 3.63) is 0 Å². The zero-order valence-corrected chi connectivity index (χ0v) is 7.60. The summed E-state index contributed by atoms with van der Waals surface area (Å²) < 4.78 is 20.8. The van der Waals surface area contributed by atoms with E-state index in [9.17, 15) is 13.2 Å². The second-order valence-corrected chi connectivity index (χ2v) is 4.18. The molecule has 0 saturated heterocycles. The minimum atomic E-state index is -3.46. The van der Waals surface area contributed by atoms with Crippen LogP contribution >= 0.6 is 0 Å². The van der Waals surface area contributed by atoms with E-state index in [4.69, 9.17) is 10.9 Å². The van der Waals surface area contributed by atoms with E-state index in [1.807, 2.05) is 0 Å². The van der Waals surface area contributed by atoms with Gasteiger partial charge in [0.05, 0.1) is 11.8 Å². The summed E-state index contributed by atoms with van der Waals surface area (Å²) in [5.41, 5.74) is 4.90. The Bertz CT molecular complexity index is 249. The monoisotopic (exact) mass is 195 g/mol. The first-order valence-electron chi connectivity index (χ1n) is 3.36. The fourth-order valence-corrected chi connectivity index (χ4v) is 0.921. The first-order valence-corrected chi connectivity index (χ1v) is 5.07. The maximum atomic E-state index is 10.4. The summed E-state index contributed by atoms with van der Waals surface area (Å²) in [5, 5.41) is 7.32. The Morgan fingerprint density at radius 2 is 2.08 bits per heavy atom. The first kappa shape index (κ1) is 11.3. The lowest BCUT2D eigenvalue weighted by molar-refractivity contribution is -0.119. The quantitative estimate of drug-likeness (QED) is 0.459. The molecule has 72 valence electrons. The number of rotatable bonds is 5. The molecule has 0 aromatic heterocycles. The van der Waals surface area contributed by atoms with Crippen molar-refractivity contribution in [1.29, 1.82) is 0 Å². The number of carbonyl (C=O) groups excluding carboxylic acids is 1. The minimum absolute atomic E-state index is 0.128. The highest BCUT2D eigenvalue weighted by atomic mass is 32.2. The van der Waals surface area contributed by atoms with Crippen molar-refractivity contribution in [2.45, 2.75) is 13.0 Å². The topological polar surface area (TPSA) is 115 Å². The van der Waals surface area contributed by atoms with E-state index in [1.165, 1.54) is 0 Å². The molecule has 1 atom stereocenters. The number of carbonyl (C=O) groups is 1. The molecule has 0 bridgehead atoms. The van der Waals surface area contributed by atoms with Gasteiger partial charge in [0.15, 0.2) is 0 Å². The Morgan fingerprint density at radius 1 is 1.58 bits per heavy atom. The van der Waals surface area contributed by atoms with Gasteiger partial charge in [-0.2, -0.15) is 0 Å². The van der Waals surface area contributed by atoms with Gasteiger partial charge < -0.3 is 11.1 Å². The van der Waals surface area contributed by atoms with Gasteiger partial charge in [0.2, 0.25) is 15.9 Å². The summed E-state index contributed by atoms with van der Waals surface area (Å²) in [6.45, 7) is 1.68. The Morgan fingerprint density at radius 3 is 2.42 bits per heavy atom. The Balaban J connectivity index is 3.65. The predicted molar refractivity (Wildman–Crippen MR) is 44.6 cm³/mol. The van der Waals surface area contributed by atoms with E-state index in [1.54, 1.807) is 6.92 Å². The van der Waals surface area contributed by atoms with Crippen LogP contribution in [0.4, 0.5) is 0 Å². The molecule has 1 amide bonds. The van der Waals surface area contributed by atoms with Crippen molar-refractivity contribution in [2.75, 3.05) is 12.3 Å². The molecule has 5 N–H and O–H groups in total. The summed E-state index contributed by atoms with van der Waals surface area (Å²) in [6.07, 6.45) is 0. The van der Waals surface area contributed by atoms with Gasteiger partial charge in [-0.05, 0) is 6.92 Å². The summed E-state index contributed by atoms with van der Waals surface area (Å²) >= 11 is 0. The highest BCUT2D eigenvalue weighted by Crippen LogP contribution is 1.79. The third-order valence-corrected chi connectivity index (χ3v) is 2.04. The number of hydrogen-bond donors (Lipinski definition) is 3. The molecule has 12 heavy (non-hydrogen) atoms. The van der Waals surface area contributed by atoms with Crippen LogP contribution in [0.15, 0.2) is 0 Å². The van der Waals surface area contributed by atoms with Crippen LogP contribution in [-0.2, 0) is 14.8 Å². The van der Waals surface area contributed by atoms with E-state index in [-0.39, 0.29) is 12.3 Å². The van der Waals surface area contributed by atoms with E-state index in [0.29, 0.717) is 0 Å². The second-order valence-electron chi connectivity index (χ2n) is 2.45. The minimum Gasteiger partial charge on any atom is -0.368 e. The predicted octanol–water partition coefficient (Wildman–Crippen LogP) is -2.26. The Labute approximate surface area is 71.4 Å². The average molecular weight is 195 g/mol. The van der Waals surface area contributed by atoms with Crippen LogP contribution in [0, 0.1) is 0 Å². The van der Waals surface area contributed by atoms with Crippen molar-refractivity contribution >= 4 is 15.9 Å². The largest absolute Gasteiger partial charge is 0.368 e. The molecule has 0 spiro atoms. The summed E-state index contributed by atoms with van der Waals surface area (Å²) in [6, 6.07) is -0.535. The summed E-state index contributed by atoms with van der Waals surface area (Å²) in [4.78, 5) is 10.4. The smallest absolute Gasteiger partial charge is 0.234 e. The van der Waals surface area contributed by atoms with Crippen LogP contribution in [0.5, 0.6) is 0 Å². The maximum Gasteiger partial charge on any atom is 0.234 e. The average Bonchev–Trinajstić information content (AvgIpc) is 1.84. The van der Waals surface area contributed by atoms with E-state index in [0.717, 1.165) is 0 Å². The van der Waals surface area contributed by atoms with Crippen molar-refractivity contribution in [2.24, 2.45) is 10.9 Å². The molecule has 1 unspecified atom stereocenters. The number of hydrogen-bond acceptors (Lipinski definition) is 4. The molecular weight excluding hydrogens is 182 g/mol. The normalized spacial score (nSPS) is 14.2. The van der Waals surface area contributed by atoms with Crippen molar-refractivity contribution in [1.82, 2.24) is 5.32 Å². The lowest BCUT2D eigenvalue weighted by atomic mass is 10.3. The number of sulfonamides is 1. The molecule has 0 fully saturated rings. The van der Waals surface area contributed by atoms with Crippen LogP contribution in [0.1, 0.15) is 6.92 Å². The van der Waals surface area contributed by atoms with Gasteiger partial charge in [-0.25, -0.2) is 13.6 Å². The standard InChI is InChI=1S/C5H13N3O3S/c1-4(5(6)9)8-2-3-12(7,10)11/h4,8H,2-3H2,1H3,(H2,6,9)(H2,7,10,11). The number of primary sulfonamides is 1. The molecule has 0 aliphatic rings. The molecule has 0 aliphatic carbocycles. The first-order chi connectivity index (χ1) is 5.33. The summed E-state index contributed by atoms with van der Waals surface area (Å²) in [5.74, 6) is -0.727. The van der Waals surface area contributed by atoms with Crippen LogP contribution < -0.4 is 16.2 Å². The van der Waals surface area contributed by atoms with Gasteiger partial charge in [-0.15, -0.1) is 0 Å². The molecule has 0 radical (unpaired) electrons. The molecular formula is C5H13N3O3S. The SMILES string of the molecule is CC(NCCS(N)(=O)=O)C(N)=O. The van der Waals surface area contributed by atoms with Gasteiger partial charge >= 0.3 is 0 Å². The molecule has 0 saturated carbocycles. The van der Waals surface area contributed by atoms with Crippen LogP contribution in [-0.4, -0.2) is 32.7 Å². The van der Waals surface area contributed by atoms with E-state index < -0.39 is 22.0 Å². The molecule has 7 heteroatoms.